The van der Waals surface area contributed by atoms with Crippen molar-refractivity contribution >= 4 is 15.9 Å². The van der Waals surface area contributed by atoms with Gasteiger partial charge in [0.15, 0.2) is 0 Å². The van der Waals surface area contributed by atoms with Gasteiger partial charge < -0.3 is 0 Å². The largest absolute Gasteiger partial charge is 0.246 e. The highest BCUT2D eigenvalue weighted by Crippen LogP contribution is 2.31. The third-order valence-corrected chi connectivity index (χ3v) is 2.58. The Morgan fingerprint density at radius 2 is 1.92 bits per heavy atom. The number of halogens is 2. The molecule has 0 radical (unpaired) electrons. The molecule has 0 spiro atoms. The van der Waals surface area contributed by atoms with E-state index in [1.165, 1.54) is 6.20 Å². The van der Waals surface area contributed by atoms with Gasteiger partial charge in [0.25, 0.3) is 0 Å². The Hall–Kier alpha value is -0.440. The summed E-state index contributed by atoms with van der Waals surface area (Å²) in [6.45, 7) is 7.91. The van der Waals surface area contributed by atoms with Crippen molar-refractivity contribution in [3.8, 4) is 0 Å². The summed E-state index contributed by atoms with van der Waals surface area (Å²) in [5, 5.41) is 0. The summed E-state index contributed by atoms with van der Waals surface area (Å²) in [4.78, 5) is 3.95. The van der Waals surface area contributed by atoms with Gasteiger partial charge in [-0.3, -0.25) is 0 Å². The van der Waals surface area contributed by atoms with E-state index in [0.29, 0.717) is 5.56 Å². The van der Waals surface area contributed by atoms with Crippen molar-refractivity contribution in [2.24, 2.45) is 0 Å². The van der Waals surface area contributed by atoms with Gasteiger partial charge in [-0.05, 0) is 39.4 Å². The fourth-order valence-corrected chi connectivity index (χ4v) is 2.42. The predicted molar refractivity (Wildman–Crippen MR) is 55.3 cm³/mol. The number of hydrogen-bond acceptors (Lipinski definition) is 1. The van der Waals surface area contributed by atoms with E-state index in [9.17, 15) is 4.39 Å². The minimum absolute atomic E-state index is 0.0853. The van der Waals surface area contributed by atoms with E-state index in [-0.39, 0.29) is 11.2 Å². The van der Waals surface area contributed by atoms with Gasteiger partial charge in [0.05, 0.1) is 6.20 Å². The van der Waals surface area contributed by atoms with Crippen molar-refractivity contribution in [3.63, 3.8) is 0 Å². The summed E-state index contributed by atoms with van der Waals surface area (Å²) in [7, 11) is 0. The molecule has 1 heterocycles. The Morgan fingerprint density at radius 1 is 1.38 bits per heavy atom. The van der Waals surface area contributed by atoms with Gasteiger partial charge in [-0.2, -0.15) is 0 Å². The van der Waals surface area contributed by atoms with Gasteiger partial charge in [0.1, 0.15) is 10.4 Å². The van der Waals surface area contributed by atoms with Crippen LogP contribution >= 0.6 is 15.9 Å². The molecule has 0 N–H and O–H groups in total. The summed E-state index contributed by atoms with van der Waals surface area (Å²) in [6, 6.07) is 0. The van der Waals surface area contributed by atoms with Crippen LogP contribution in [0, 0.1) is 12.7 Å². The highest BCUT2D eigenvalue weighted by atomic mass is 79.9. The van der Waals surface area contributed by atoms with Crippen LogP contribution in [0.3, 0.4) is 0 Å². The smallest absolute Gasteiger partial charge is 0.144 e. The maximum absolute atomic E-state index is 13.2. The zero-order chi connectivity index (χ0) is 10.2. The molecule has 72 valence electrons. The lowest BCUT2D eigenvalue weighted by atomic mass is 9.85. The van der Waals surface area contributed by atoms with Crippen molar-refractivity contribution < 1.29 is 4.39 Å². The second kappa shape index (κ2) is 3.37. The standard InChI is InChI=1S/C10H13BrFN/c1-6-7(12)5-13-9(11)8(6)10(2,3)4/h5H,1-4H3. The van der Waals surface area contributed by atoms with Gasteiger partial charge >= 0.3 is 0 Å². The number of rotatable bonds is 0. The molecule has 0 aliphatic carbocycles. The van der Waals surface area contributed by atoms with Gasteiger partial charge in [-0.1, -0.05) is 20.8 Å². The molecule has 1 aromatic rings. The highest BCUT2D eigenvalue weighted by Gasteiger charge is 2.22. The molecule has 0 aromatic carbocycles. The first kappa shape index (κ1) is 10.6. The minimum atomic E-state index is -0.242. The van der Waals surface area contributed by atoms with Crippen LogP contribution in [0.2, 0.25) is 0 Å². The average molecular weight is 246 g/mol. The van der Waals surface area contributed by atoms with Crippen LogP contribution < -0.4 is 0 Å². The van der Waals surface area contributed by atoms with Crippen molar-refractivity contribution in [3.05, 3.63) is 27.7 Å². The third kappa shape index (κ3) is 2.08. The highest BCUT2D eigenvalue weighted by molar-refractivity contribution is 9.10. The summed E-state index contributed by atoms with van der Waals surface area (Å²) >= 11 is 3.34. The molecule has 0 saturated heterocycles. The molecule has 0 fully saturated rings. The molecule has 0 atom stereocenters. The maximum atomic E-state index is 13.2. The average Bonchev–Trinajstić information content (AvgIpc) is 1.95. The molecule has 0 amide bonds. The van der Waals surface area contributed by atoms with E-state index < -0.39 is 0 Å². The van der Waals surface area contributed by atoms with E-state index in [4.69, 9.17) is 0 Å². The molecule has 0 unspecified atom stereocenters. The second-order valence-corrected chi connectivity index (χ2v) is 4.90. The first-order chi connectivity index (χ1) is 5.84. The lowest BCUT2D eigenvalue weighted by molar-refractivity contribution is 0.552. The van der Waals surface area contributed by atoms with Crippen molar-refractivity contribution in [2.75, 3.05) is 0 Å². The third-order valence-electron chi connectivity index (χ3n) is 1.98. The quantitative estimate of drug-likeness (QED) is 0.637. The molecular weight excluding hydrogens is 233 g/mol. The lowest BCUT2D eigenvalue weighted by Crippen LogP contribution is -2.15. The molecule has 0 saturated carbocycles. The molecule has 3 heteroatoms. The molecule has 1 aromatic heterocycles. The maximum Gasteiger partial charge on any atom is 0.144 e. The zero-order valence-corrected chi connectivity index (χ0v) is 9.87. The van der Waals surface area contributed by atoms with Crippen LogP contribution in [0.25, 0.3) is 0 Å². The van der Waals surface area contributed by atoms with E-state index in [2.05, 4.69) is 20.9 Å². The molecule has 0 aliphatic rings. The summed E-state index contributed by atoms with van der Waals surface area (Å²) in [6.07, 6.45) is 1.24. The predicted octanol–water partition coefficient (Wildman–Crippen LogP) is 3.59. The van der Waals surface area contributed by atoms with Crippen LogP contribution in [0.15, 0.2) is 10.8 Å². The number of hydrogen-bond donors (Lipinski definition) is 0. The number of nitrogens with zero attached hydrogens (tertiary/aromatic N) is 1. The fraction of sp³-hybridized carbons (Fsp3) is 0.500. The molecular formula is C10H13BrFN. The summed E-state index contributed by atoms with van der Waals surface area (Å²) in [5.74, 6) is -0.242. The minimum Gasteiger partial charge on any atom is -0.246 e. The van der Waals surface area contributed by atoms with Crippen LogP contribution in [-0.2, 0) is 5.41 Å². The van der Waals surface area contributed by atoms with Crippen LogP contribution in [-0.4, -0.2) is 4.98 Å². The van der Waals surface area contributed by atoms with E-state index in [0.717, 1.165) is 10.2 Å². The number of pyridine rings is 1. The fourth-order valence-electron chi connectivity index (χ4n) is 1.42. The Labute approximate surface area is 86.5 Å². The summed E-state index contributed by atoms with van der Waals surface area (Å²) in [5.41, 5.74) is 1.53. The monoisotopic (exact) mass is 245 g/mol. The SMILES string of the molecule is Cc1c(F)cnc(Br)c1C(C)(C)C. The first-order valence-corrected chi connectivity index (χ1v) is 4.94. The molecule has 1 rings (SSSR count). The van der Waals surface area contributed by atoms with Gasteiger partial charge in [0.2, 0.25) is 0 Å². The summed E-state index contributed by atoms with van der Waals surface area (Å²) < 4.78 is 13.9. The van der Waals surface area contributed by atoms with Crippen molar-refractivity contribution in [1.29, 1.82) is 0 Å². The van der Waals surface area contributed by atoms with Crippen molar-refractivity contribution in [1.82, 2.24) is 4.98 Å². The Morgan fingerprint density at radius 3 is 2.31 bits per heavy atom. The Balaban J connectivity index is 3.43. The molecule has 1 nitrogen and oxygen atoms in total. The van der Waals surface area contributed by atoms with Crippen LogP contribution in [0.1, 0.15) is 31.9 Å². The van der Waals surface area contributed by atoms with E-state index in [1.807, 2.05) is 20.8 Å². The number of aromatic nitrogens is 1. The zero-order valence-electron chi connectivity index (χ0n) is 8.28. The normalized spacial score (nSPS) is 11.8. The van der Waals surface area contributed by atoms with Crippen molar-refractivity contribution in [2.45, 2.75) is 33.1 Å². The van der Waals surface area contributed by atoms with Crippen LogP contribution in [0.4, 0.5) is 4.39 Å². The molecule has 0 aliphatic heterocycles. The Kier molecular flexibility index (Phi) is 2.76. The second-order valence-electron chi connectivity index (χ2n) is 4.15. The van der Waals surface area contributed by atoms with Gasteiger partial charge in [-0.25, -0.2) is 9.37 Å². The topological polar surface area (TPSA) is 12.9 Å². The lowest BCUT2D eigenvalue weighted by Gasteiger charge is -2.22. The van der Waals surface area contributed by atoms with E-state index >= 15 is 0 Å². The van der Waals surface area contributed by atoms with Gasteiger partial charge in [-0.15, -0.1) is 0 Å². The van der Waals surface area contributed by atoms with Crippen LogP contribution in [0.5, 0.6) is 0 Å². The van der Waals surface area contributed by atoms with E-state index in [1.54, 1.807) is 6.92 Å². The Bertz CT molecular complexity index is 328. The molecule has 0 bridgehead atoms. The first-order valence-electron chi connectivity index (χ1n) is 4.15. The molecule has 13 heavy (non-hydrogen) atoms. The van der Waals surface area contributed by atoms with Gasteiger partial charge in [0, 0.05) is 0 Å².